The number of benzene rings is 1. The predicted molar refractivity (Wildman–Crippen MR) is 106 cm³/mol. The molecule has 0 saturated heterocycles. The van der Waals surface area contributed by atoms with E-state index in [0.717, 1.165) is 21.7 Å². The van der Waals surface area contributed by atoms with Crippen LogP contribution in [0.5, 0.6) is 0 Å². The number of nitrogens with zero attached hydrogens (tertiary/aromatic N) is 2. The highest BCUT2D eigenvalue weighted by atomic mass is 16.2. The van der Waals surface area contributed by atoms with Gasteiger partial charge in [0.25, 0.3) is 11.8 Å². The number of fused-ring (bicyclic) bond motifs is 1. The molecule has 1 aromatic heterocycles. The molecule has 2 aliphatic rings. The van der Waals surface area contributed by atoms with E-state index in [1.807, 2.05) is 25.1 Å². The van der Waals surface area contributed by atoms with Gasteiger partial charge >= 0.3 is 0 Å². The third-order valence-corrected chi connectivity index (χ3v) is 4.78. The molecule has 1 aromatic carbocycles. The molecule has 4 rings (SSSR count). The van der Waals surface area contributed by atoms with E-state index in [4.69, 9.17) is 0 Å². The summed E-state index contributed by atoms with van der Waals surface area (Å²) in [5, 5.41) is 2.77. The van der Waals surface area contributed by atoms with Crippen molar-refractivity contribution in [3.8, 4) is 0 Å². The summed E-state index contributed by atoms with van der Waals surface area (Å²) in [6.45, 7) is 1.83. The van der Waals surface area contributed by atoms with Crippen molar-refractivity contribution in [1.29, 1.82) is 0 Å². The zero-order valence-electron chi connectivity index (χ0n) is 15.9. The van der Waals surface area contributed by atoms with Crippen molar-refractivity contribution in [1.82, 2.24) is 26.1 Å². The van der Waals surface area contributed by atoms with Crippen LogP contribution < -0.4 is 16.2 Å². The normalized spacial score (nSPS) is 15.2. The van der Waals surface area contributed by atoms with Gasteiger partial charge in [-0.1, -0.05) is 6.07 Å². The number of rotatable bonds is 4. The van der Waals surface area contributed by atoms with E-state index in [1.165, 1.54) is 7.05 Å². The maximum absolute atomic E-state index is 12.6. The fraction of sp³-hybridized carbons (Fsp3) is 0.143. The van der Waals surface area contributed by atoms with Crippen molar-refractivity contribution in [3.63, 3.8) is 0 Å². The van der Waals surface area contributed by atoms with Gasteiger partial charge in [0, 0.05) is 25.0 Å². The number of nitrogens with one attached hydrogen (secondary N) is 3. The monoisotopic (exact) mass is 389 g/mol. The number of hydrogen-bond donors (Lipinski definition) is 3. The lowest BCUT2D eigenvalue weighted by atomic mass is 9.97. The van der Waals surface area contributed by atoms with Gasteiger partial charge in [0.2, 0.25) is 5.91 Å². The third kappa shape index (κ3) is 3.47. The number of aryl methyl sites for hydroxylation is 1. The van der Waals surface area contributed by atoms with E-state index in [9.17, 15) is 14.4 Å². The standard InChI is InChI=1S/C21H19N5O3/c1-12-9-14(19-15(10-12)20(28)26(2)21(19)29)11-18(27)23-17-4-3-16(24-25-17)13-5-7-22-8-6-13/h3-10,24-25H,11H2,1-2H3,(H,23,27). The number of aromatic nitrogens is 1. The molecular weight excluding hydrogens is 370 g/mol. The molecule has 0 atom stereocenters. The van der Waals surface area contributed by atoms with Crippen LogP contribution >= 0.6 is 0 Å². The largest absolute Gasteiger partial charge is 0.311 e. The Hall–Kier alpha value is -3.94. The predicted octanol–water partition coefficient (Wildman–Crippen LogP) is 1.26. The van der Waals surface area contributed by atoms with Crippen molar-refractivity contribution in [2.24, 2.45) is 0 Å². The molecule has 0 saturated carbocycles. The molecule has 2 aromatic rings. The Bertz CT molecular complexity index is 1090. The first-order chi connectivity index (χ1) is 13.9. The van der Waals surface area contributed by atoms with E-state index >= 15 is 0 Å². The first-order valence-corrected chi connectivity index (χ1v) is 9.04. The smallest absolute Gasteiger partial charge is 0.261 e. The van der Waals surface area contributed by atoms with E-state index in [2.05, 4.69) is 21.2 Å². The van der Waals surface area contributed by atoms with Crippen molar-refractivity contribution >= 4 is 23.4 Å². The van der Waals surface area contributed by atoms with Crippen LogP contribution in [0.4, 0.5) is 0 Å². The molecule has 3 N–H and O–H groups in total. The van der Waals surface area contributed by atoms with Crippen LogP contribution in [0.25, 0.3) is 5.70 Å². The summed E-state index contributed by atoms with van der Waals surface area (Å²) >= 11 is 0. The van der Waals surface area contributed by atoms with Gasteiger partial charge in [-0.3, -0.25) is 35.1 Å². The van der Waals surface area contributed by atoms with Crippen molar-refractivity contribution in [2.45, 2.75) is 13.3 Å². The van der Waals surface area contributed by atoms with Gasteiger partial charge in [0.1, 0.15) is 5.82 Å². The number of hydrazine groups is 1. The molecule has 0 bridgehead atoms. The summed E-state index contributed by atoms with van der Waals surface area (Å²) < 4.78 is 0. The van der Waals surface area contributed by atoms with Crippen LogP contribution in [-0.2, 0) is 11.2 Å². The topological polar surface area (TPSA) is 103 Å². The molecule has 0 radical (unpaired) electrons. The van der Waals surface area contributed by atoms with Crippen molar-refractivity contribution in [2.75, 3.05) is 7.05 Å². The van der Waals surface area contributed by atoms with Gasteiger partial charge in [-0.05, 0) is 48.4 Å². The number of carbonyl (C=O) groups excluding carboxylic acids is 3. The summed E-state index contributed by atoms with van der Waals surface area (Å²) in [4.78, 5) is 42.3. The SMILES string of the molecule is Cc1cc(CC(=O)NC2=CC=C(c3ccncc3)NN2)c2c(c1)C(=O)N(C)C2=O. The molecule has 0 spiro atoms. The number of pyridine rings is 1. The summed E-state index contributed by atoms with van der Waals surface area (Å²) in [6, 6.07) is 7.18. The fourth-order valence-electron chi connectivity index (χ4n) is 3.39. The number of amides is 3. The summed E-state index contributed by atoms with van der Waals surface area (Å²) in [7, 11) is 1.44. The molecule has 8 nitrogen and oxygen atoms in total. The van der Waals surface area contributed by atoms with Gasteiger partial charge in [-0.2, -0.15) is 0 Å². The number of allylic oxidation sites excluding steroid dienone is 2. The van der Waals surface area contributed by atoms with E-state index in [0.29, 0.717) is 22.5 Å². The molecule has 0 unspecified atom stereocenters. The highest BCUT2D eigenvalue weighted by molar-refractivity contribution is 6.22. The Balaban J connectivity index is 1.50. The third-order valence-electron chi connectivity index (χ3n) is 4.78. The quantitative estimate of drug-likeness (QED) is 0.681. The zero-order chi connectivity index (χ0) is 20.5. The van der Waals surface area contributed by atoms with Crippen LogP contribution in [0.1, 0.15) is 37.4 Å². The Morgan fingerprint density at radius 1 is 1.10 bits per heavy atom. The Morgan fingerprint density at radius 2 is 1.86 bits per heavy atom. The second-order valence-corrected chi connectivity index (χ2v) is 6.89. The second-order valence-electron chi connectivity index (χ2n) is 6.89. The van der Waals surface area contributed by atoms with Crippen LogP contribution in [0.3, 0.4) is 0 Å². The van der Waals surface area contributed by atoms with E-state index < -0.39 is 0 Å². The Morgan fingerprint density at radius 3 is 2.55 bits per heavy atom. The van der Waals surface area contributed by atoms with Crippen molar-refractivity contribution < 1.29 is 14.4 Å². The highest BCUT2D eigenvalue weighted by Crippen LogP contribution is 2.27. The summed E-state index contributed by atoms with van der Waals surface area (Å²) in [5.41, 5.74) is 9.77. The van der Waals surface area contributed by atoms with Crippen LogP contribution in [0.15, 0.2) is 54.6 Å². The van der Waals surface area contributed by atoms with Crippen LogP contribution in [0, 0.1) is 6.92 Å². The second kappa shape index (κ2) is 7.23. The maximum Gasteiger partial charge on any atom is 0.261 e. The fourth-order valence-corrected chi connectivity index (χ4v) is 3.39. The van der Waals surface area contributed by atoms with Gasteiger partial charge in [-0.25, -0.2) is 0 Å². The molecule has 146 valence electrons. The molecule has 0 aliphatic carbocycles. The minimum absolute atomic E-state index is 0.0170. The van der Waals surface area contributed by atoms with Gasteiger partial charge in [-0.15, -0.1) is 0 Å². The van der Waals surface area contributed by atoms with Crippen molar-refractivity contribution in [3.05, 3.63) is 82.4 Å². The minimum Gasteiger partial charge on any atom is -0.311 e. The number of carbonyl (C=O) groups is 3. The van der Waals surface area contributed by atoms with E-state index in [1.54, 1.807) is 30.6 Å². The Kier molecular flexibility index (Phi) is 4.59. The van der Waals surface area contributed by atoms with Gasteiger partial charge < -0.3 is 5.32 Å². The summed E-state index contributed by atoms with van der Waals surface area (Å²) in [5.74, 6) is -0.537. The van der Waals surface area contributed by atoms with Gasteiger partial charge in [0.15, 0.2) is 0 Å². The molecule has 8 heteroatoms. The zero-order valence-corrected chi connectivity index (χ0v) is 15.9. The van der Waals surface area contributed by atoms with Crippen LogP contribution in [-0.4, -0.2) is 34.7 Å². The molecule has 0 fully saturated rings. The molecule has 29 heavy (non-hydrogen) atoms. The first kappa shape index (κ1) is 18.4. The maximum atomic E-state index is 12.6. The number of imide groups is 1. The molecular formula is C21H19N5O3. The average Bonchev–Trinajstić information content (AvgIpc) is 2.93. The lowest BCUT2D eigenvalue weighted by Gasteiger charge is -2.20. The molecule has 2 aliphatic heterocycles. The van der Waals surface area contributed by atoms with Crippen LogP contribution in [0.2, 0.25) is 0 Å². The van der Waals surface area contributed by atoms with Gasteiger partial charge in [0.05, 0.1) is 23.2 Å². The summed E-state index contributed by atoms with van der Waals surface area (Å²) in [6.07, 6.45) is 6.96. The molecule has 3 amide bonds. The highest BCUT2D eigenvalue weighted by Gasteiger charge is 2.35. The molecule has 3 heterocycles. The Labute approximate surface area is 167 Å². The number of hydrogen-bond acceptors (Lipinski definition) is 6. The minimum atomic E-state index is -0.380. The lowest BCUT2D eigenvalue weighted by Crippen LogP contribution is -2.40. The first-order valence-electron chi connectivity index (χ1n) is 9.04. The van der Waals surface area contributed by atoms with E-state index in [-0.39, 0.29) is 24.1 Å². The lowest BCUT2D eigenvalue weighted by molar-refractivity contribution is -0.119. The average molecular weight is 389 g/mol.